The number of hydrogen-bond donors (Lipinski definition) is 1. The Labute approximate surface area is 101 Å². The molecule has 0 radical (unpaired) electrons. The molecule has 1 aromatic heterocycles. The normalized spacial score (nSPS) is 9.93. The van der Waals surface area contributed by atoms with Gasteiger partial charge >= 0.3 is 6.01 Å². The van der Waals surface area contributed by atoms with Crippen molar-refractivity contribution in [1.82, 2.24) is 9.97 Å². The maximum absolute atomic E-state index is 5.52. The second kappa shape index (κ2) is 4.43. The topological polar surface area (TPSA) is 61.0 Å². The number of halogens is 1. The van der Waals surface area contributed by atoms with Gasteiger partial charge in [-0.25, -0.2) is 4.98 Å². The largest absolute Gasteiger partial charge is 0.423 e. The number of hydrogen-bond acceptors (Lipinski definition) is 4. The zero-order chi connectivity index (χ0) is 10.7. The molecule has 0 fully saturated rings. The van der Waals surface area contributed by atoms with Gasteiger partial charge in [0, 0.05) is 6.20 Å². The first-order chi connectivity index (χ1) is 7.25. The Kier molecular flexibility index (Phi) is 3.00. The summed E-state index contributed by atoms with van der Waals surface area (Å²) in [5.41, 5.74) is 5.52. The smallest absolute Gasteiger partial charge is 0.323 e. The summed E-state index contributed by atoms with van der Waals surface area (Å²) in [6.45, 7) is 0. The molecule has 0 spiro atoms. The third-order valence-electron chi connectivity index (χ3n) is 1.69. The minimum atomic E-state index is 0.263. The van der Waals surface area contributed by atoms with Gasteiger partial charge in [0.05, 0.1) is 3.57 Å². The molecule has 0 aliphatic heterocycles. The van der Waals surface area contributed by atoms with Crippen LogP contribution in [0.25, 0.3) is 0 Å². The van der Waals surface area contributed by atoms with E-state index in [1.165, 1.54) is 0 Å². The molecule has 5 heteroatoms. The summed E-state index contributed by atoms with van der Waals surface area (Å²) >= 11 is 2.18. The van der Waals surface area contributed by atoms with Crippen molar-refractivity contribution >= 4 is 28.4 Å². The van der Waals surface area contributed by atoms with E-state index in [4.69, 9.17) is 10.5 Å². The van der Waals surface area contributed by atoms with E-state index >= 15 is 0 Å². The Hall–Kier alpha value is -1.37. The van der Waals surface area contributed by atoms with Crippen molar-refractivity contribution < 1.29 is 4.74 Å². The number of benzene rings is 1. The van der Waals surface area contributed by atoms with Crippen LogP contribution in [0.1, 0.15) is 0 Å². The fraction of sp³-hybridized carbons (Fsp3) is 0. The summed E-state index contributed by atoms with van der Waals surface area (Å²) < 4.78 is 6.48. The molecule has 4 nitrogen and oxygen atoms in total. The molecule has 0 aliphatic carbocycles. The van der Waals surface area contributed by atoms with Crippen LogP contribution in [-0.2, 0) is 0 Å². The van der Waals surface area contributed by atoms with Crippen LogP contribution in [0.3, 0.4) is 0 Å². The van der Waals surface area contributed by atoms with Crippen molar-refractivity contribution in [1.29, 1.82) is 0 Å². The number of nitrogen functional groups attached to an aromatic ring is 1. The maximum Gasteiger partial charge on any atom is 0.323 e. The number of nitrogens with two attached hydrogens (primary N) is 1. The third kappa shape index (κ3) is 2.56. The molecular weight excluding hydrogens is 305 g/mol. The highest BCUT2D eigenvalue weighted by atomic mass is 127. The van der Waals surface area contributed by atoms with Crippen LogP contribution in [0, 0.1) is 3.57 Å². The van der Waals surface area contributed by atoms with Gasteiger partial charge in [0.15, 0.2) is 0 Å². The van der Waals surface area contributed by atoms with Crippen molar-refractivity contribution in [3.05, 3.63) is 40.1 Å². The number of ether oxygens (including phenoxy) is 1. The number of anilines is 1. The number of para-hydroxylation sites is 1. The molecule has 0 saturated carbocycles. The molecule has 15 heavy (non-hydrogen) atoms. The second-order valence-electron chi connectivity index (χ2n) is 2.80. The third-order valence-corrected chi connectivity index (χ3v) is 2.58. The van der Waals surface area contributed by atoms with E-state index in [0.717, 1.165) is 9.32 Å². The van der Waals surface area contributed by atoms with E-state index in [1.54, 1.807) is 12.3 Å². The molecule has 2 aromatic rings. The van der Waals surface area contributed by atoms with Gasteiger partial charge in [-0.15, -0.1) is 0 Å². The summed E-state index contributed by atoms with van der Waals surface area (Å²) in [5, 5.41) is 0. The quantitative estimate of drug-likeness (QED) is 0.865. The van der Waals surface area contributed by atoms with Crippen LogP contribution in [0.2, 0.25) is 0 Å². The lowest BCUT2D eigenvalue weighted by Crippen LogP contribution is -1.96. The van der Waals surface area contributed by atoms with E-state index in [2.05, 4.69) is 32.6 Å². The van der Waals surface area contributed by atoms with E-state index < -0.39 is 0 Å². The summed E-state index contributed by atoms with van der Waals surface area (Å²) in [4.78, 5) is 7.91. The van der Waals surface area contributed by atoms with Gasteiger partial charge in [-0.3, -0.25) is 0 Å². The van der Waals surface area contributed by atoms with Gasteiger partial charge in [-0.05, 0) is 40.8 Å². The SMILES string of the molecule is Nc1ccnc(Oc2ccccc2I)n1. The molecule has 2 N–H and O–H groups in total. The van der Waals surface area contributed by atoms with Crippen molar-refractivity contribution in [3.63, 3.8) is 0 Å². The predicted molar refractivity (Wildman–Crippen MR) is 65.7 cm³/mol. The number of aromatic nitrogens is 2. The van der Waals surface area contributed by atoms with Gasteiger partial charge in [0.25, 0.3) is 0 Å². The molecule has 0 aliphatic rings. The van der Waals surface area contributed by atoms with E-state index in [9.17, 15) is 0 Å². The molecule has 1 heterocycles. The summed E-state index contributed by atoms with van der Waals surface area (Å²) in [7, 11) is 0. The molecule has 0 saturated heterocycles. The molecule has 0 bridgehead atoms. The van der Waals surface area contributed by atoms with Gasteiger partial charge in [-0.2, -0.15) is 4.98 Å². The lowest BCUT2D eigenvalue weighted by atomic mass is 10.3. The Morgan fingerprint density at radius 1 is 1.20 bits per heavy atom. The first-order valence-electron chi connectivity index (χ1n) is 4.26. The molecular formula is C10H8IN3O. The van der Waals surface area contributed by atoms with Gasteiger partial charge < -0.3 is 10.5 Å². The van der Waals surface area contributed by atoms with Gasteiger partial charge in [0.2, 0.25) is 0 Å². The zero-order valence-corrected chi connectivity index (χ0v) is 9.88. The fourth-order valence-electron chi connectivity index (χ4n) is 1.03. The zero-order valence-electron chi connectivity index (χ0n) is 7.72. The summed E-state index contributed by atoms with van der Waals surface area (Å²) in [6, 6.07) is 9.51. The molecule has 2 rings (SSSR count). The molecule has 0 unspecified atom stereocenters. The minimum Gasteiger partial charge on any atom is -0.423 e. The number of nitrogens with zero attached hydrogens (tertiary/aromatic N) is 2. The Balaban J connectivity index is 2.26. The van der Waals surface area contributed by atoms with Gasteiger partial charge in [0.1, 0.15) is 11.6 Å². The van der Waals surface area contributed by atoms with Crippen molar-refractivity contribution in [2.24, 2.45) is 0 Å². The van der Waals surface area contributed by atoms with E-state index in [1.807, 2.05) is 24.3 Å². The highest BCUT2D eigenvalue weighted by Crippen LogP contribution is 2.23. The second-order valence-corrected chi connectivity index (χ2v) is 3.96. The standard InChI is InChI=1S/C10H8IN3O/c11-7-3-1-2-4-8(7)15-10-13-6-5-9(12)14-10/h1-6H,(H2,12,13,14). The Bertz CT molecular complexity index is 476. The highest BCUT2D eigenvalue weighted by molar-refractivity contribution is 14.1. The van der Waals surface area contributed by atoms with Crippen molar-refractivity contribution in [3.8, 4) is 11.8 Å². The summed E-state index contributed by atoms with van der Waals surface area (Å²) in [5.74, 6) is 1.12. The monoisotopic (exact) mass is 313 g/mol. The van der Waals surface area contributed by atoms with Crippen LogP contribution >= 0.6 is 22.6 Å². The average Bonchev–Trinajstić information content (AvgIpc) is 2.22. The Morgan fingerprint density at radius 3 is 2.73 bits per heavy atom. The van der Waals surface area contributed by atoms with Crippen molar-refractivity contribution in [2.45, 2.75) is 0 Å². The van der Waals surface area contributed by atoms with Crippen LogP contribution in [0.4, 0.5) is 5.82 Å². The fourth-order valence-corrected chi connectivity index (χ4v) is 1.53. The predicted octanol–water partition coefficient (Wildman–Crippen LogP) is 2.46. The lowest BCUT2D eigenvalue weighted by Gasteiger charge is -2.05. The minimum absolute atomic E-state index is 0.263. The molecule has 0 atom stereocenters. The number of rotatable bonds is 2. The van der Waals surface area contributed by atoms with Crippen LogP contribution in [-0.4, -0.2) is 9.97 Å². The highest BCUT2D eigenvalue weighted by Gasteiger charge is 2.03. The van der Waals surface area contributed by atoms with Crippen LogP contribution < -0.4 is 10.5 Å². The summed E-state index contributed by atoms with van der Waals surface area (Å²) in [6.07, 6.45) is 1.56. The lowest BCUT2D eigenvalue weighted by molar-refractivity contribution is 0.440. The molecule has 76 valence electrons. The van der Waals surface area contributed by atoms with Crippen LogP contribution in [0.5, 0.6) is 11.8 Å². The van der Waals surface area contributed by atoms with E-state index in [0.29, 0.717) is 5.82 Å². The maximum atomic E-state index is 5.52. The van der Waals surface area contributed by atoms with Gasteiger partial charge in [-0.1, -0.05) is 12.1 Å². The van der Waals surface area contributed by atoms with Crippen molar-refractivity contribution in [2.75, 3.05) is 5.73 Å². The van der Waals surface area contributed by atoms with E-state index in [-0.39, 0.29) is 6.01 Å². The molecule has 0 amide bonds. The molecule has 1 aromatic carbocycles. The Morgan fingerprint density at radius 2 is 2.00 bits per heavy atom. The van der Waals surface area contributed by atoms with Crippen LogP contribution in [0.15, 0.2) is 36.5 Å². The first kappa shape index (κ1) is 10.2. The first-order valence-corrected chi connectivity index (χ1v) is 5.34. The average molecular weight is 313 g/mol.